The maximum atomic E-state index is 12.7. The minimum atomic E-state index is -1.13. The predicted octanol–water partition coefficient (Wildman–Crippen LogP) is 8.57. The molecule has 9 nitrogen and oxygen atoms in total. The van der Waals surface area contributed by atoms with Crippen LogP contribution in [0.15, 0.2) is 16.6 Å². The summed E-state index contributed by atoms with van der Waals surface area (Å²) in [5, 5.41) is 19.8. The van der Waals surface area contributed by atoms with Gasteiger partial charge in [-0.2, -0.15) is 0 Å². The topological polar surface area (TPSA) is 151 Å². The van der Waals surface area contributed by atoms with Gasteiger partial charge in [-0.05, 0) is 97.7 Å². The molecular weight excluding hydrogens is 659 g/mol. The summed E-state index contributed by atoms with van der Waals surface area (Å²) < 4.78 is 5.90. The van der Waals surface area contributed by atoms with E-state index in [0.29, 0.717) is 42.9 Å². The van der Waals surface area contributed by atoms with Crippen molar-refractivity contribution >= 4 is 45.5 Å². The maximum Gasteiger partial charge on any atom is 0.407 e. The number of amidine groups is 1. The third-order valence-electron chi connectivity index (χ3n) is 12.7. The maximum absolute atomic E-state index is 12.7. The molecule has 0 saturated heterocycles. The van der Waals surface area contributed by atoms with Crippen LogP contribution in [-0.4, -0.2) is 64.3 Å². The van der Waals surface area contributed by atoms with Crippen LogP contribution in [0.1, 0.15) is 125 Å². The second-order valence-electron chi connectivity index (χ2n) is 16.3. The van der Waals surface area contributed by atoms with Gasteiger partial charge in [0.2, 0.25) is 0 Å². The second kappa shape index (κ2) is 18.1. The first-order valence-electron chi connectivity index (χ1n) is 18.9. The number of carboxylic acids is 2. The van der Waals surface area contributed by atoms with Gasteiger partial charge in [-0.25, -0.2) is 4.79 Å². The van der Waals surface area contributed by atoms with Crippen LogP contribution in [0.5, 0.6) is 0 Å². The van der Waals surface area contributed by atoms with Gasteiger partial charge in [0.1, 0.15) is 11.4 Å². The van der Waals surface area contributed by atoms with E-state index in [1.165, 1.54) is 67.7 Å². The van der Waals surface area contributed by atoms with E-state index in [4.69, 9.17) is 20.7 Å². The number of fused-ring (bicyclic) bond motifs is 5. The zero-order valence-electron chi connectivity index (χ0n) is 30.6. The first-order chi connectivity index (χ1) is 23.2. The van der Waals surface area contributed by atoms with Gasteiger partial charge >= 0.3 is 18.0 Å². The van der Waals surface area contributed by atoms with Crippen LogP contribution in [0, 0.1) is 46.3 Å². The summed E-state index contributed by atoms with van der Waals surface area (Å²) in [5.41, 5.74) is 8.25. The molecule has 4 aliphatic carbocycles. The summed E-state index contributed by atoms with van der Waals surface area (Å²) in [5.74, 6) is 3.73. The zero-order chi connectivity index (χ0) is 35.8. The standard InChI is InChI=1S/C38H63N3O6S2/c1-24(2)8-6-9-25(3)29-13-14-30-28-12-11-26-22-27(15-17-37(26,4)31(28)16-18-38(29,30)5)47-36(46)41-20-19-40-33(39)10-7-21-48-49-32(35(44)45)23-34(42)43/h11,24-25,27-32H,6-10,12-23H2,1-5H3,(H2,39,40)(H,41,46)(H,42,43)(H,44,45). The monoisotopic (exact) mass is 721 g/mol. The SMILES string of the molecule is CC(C)CCCC(C)C1CCC2C3CC=C4CC(OC(=O)NCCN=C(N)CCCSSC(CC(=O)O)C(=O)O)CCC4(C)C3CCC12C. The number of nitrogens with two attached hydrogens (primary N) is 1. The Morgan fingerprint density at radius 2 is 1.84 bits per heavy atom. The molecule has 0 radical (unpaired) electrons. The van der Waals surface area contributed by atoms with Crippen LogP contribution < -0.4 is 11.1 Å². The van der Waals surface area contributed by atoms with Gasteiger partial charge in [-0.1, -0.05) is 87.1 Å². The number of hydrogen-bond donors (Lipinski definition) is 4. The van der Waals surface area contributed by atoms with Crippen molar-refractivity contribution in [3.8, 4) is 0 Å². The van der Waals surface area contributed by atoms with E-state index in [1.54, 1.807) is 0 Å². The third-order valence-corrected chi connectivity index (χ3v) is 15.5. The van der Waals surface area contributed by atoms with Crippen LogP contribution in [-0.2, 0) is 14.3 Å². The van der Waals surface area contributed by atoms with Crippen molar-refractivity contribution in [2.24, 2.45) is 57.1 Å². The Kier molecular flexibility index (Phi) is 14.7. The number of carboxylic acid groups (broad SMARTS) is 2. The number of aliphatic carboxylic acids is 2. The smallest absolute Gasteiger partial charge is 0.407 e. The molecule has 4 rings (SSSR count). The average molecular weight is 722 g/mol. The lowest BCUT2D eigenvalue weighted by Gasteiger charge is -2.58. The summed E-state index contributed by atoms with van der Waals surface area (Å²) in [4.78, 5) is 38.9. The number of nitrogens with zero attached hydrogens (tertiary/aromatic N) is 1. The van der Waals surface area contributed by atoms with Crippen molar-refractivity contribution in [2.75, 3.05) is 18.8 Å². The predicted molar refractivity (Wildman–Crippen MR) is 201 cm³/mol. The highest BCUT2D eigenvalue weighted by Crippen LogP contribution is 2.67. The number of rotatable bonds is 18. The first-order valence-corrected chi connectivity index (χ1v) is 21.3. The molecule has 49 heavy (non-hydrogen) atoms. The average Bonchev–Trinajstić information content (AvgIpc) is 3.39. The highest BCUT2D eigenvalue weighted by atomic mass is 33.1. The van der Waals surface area contributed by atoms with E-state index in [9.17, 15) is 14.4 Å². The number of carbonyl (C=O) groups is 3. The molecular formula is C38H63N3O6S2. The van der Waals surface area contributed by atoms with E-state index >= 15 is 0 Å². The Labute approximate surface area is 302 Å². The number of amides is 1. The molecule has 0 aromatic rings. The normalized spacial score (nSPS) is 32.3. The van der Waals surface area contributed by atoms with E-state index in [0.717, 1.165) is 65.6 Å². The van der Waals surface area contributed by atoms with Crippen LogP contribution >= 0.6 is 21.6 Å². The highest BCUT2D eigenvalue weighted by molar-refractivity contribution is 8.77. The quantitative estimate of drug-likeness (QED) is 0.0359. The number of carbonyl (C=O) groups excluding carboxylic acids is 1. The Hall–Kier alpha value is -1.88. The van der Waals surface area contributed by atoms with Crippen molar-refractivity contribution in [3.05, 3.63) is 11.6 Å². The van der Waals surface area contributed by atoms with Gasteiger partial charge in [0.05, 0.1) is 18.8 Å². The summed E-state index contributed by atoms with van der Waals surface area (Å²) >= 11 is 0. The van der Waals surface area contributed by atoms with Crippen molar-refractivity contribution in [2.45, 2.75) is 136 Å². The minimum absolute atomic E-state index is 0.0903. The molecule has 3 fully saturated rings. The molecule has 0 heterocycles. The molecule has 3 saturated carbocycles. The zero-order valence-corrected chi connectivity index (χ0v) is 32.2. The van der Waals surface area contributed by atoms with Crippen LogP contribution in [0.25, 0.3) is 0 Å². The minimum Gasteiger partial charge on any atom is -0.481 e. The molecule has 4 aliphatic rings. The number of aliphatic imine (C=N–C) groups is 1. The largest absolute Gasteiger partial charge is 0.481 e. The Balaban J connectivity index is 1.17. The van der Waals surface area contributed by atoms with Crippen LogP contribution in [0.2, 0.25) is 0 Å². The van der Waals surface area contributed by atoms with Gasteiger partial charge in [-0.15, -0.1) is 0 Å². The molecule has 0 aromatic heterocycles. The molecule has 9 unspecified atom stereocenters. The van der Waals surface area contributed by atoms with Gasteiger partial charge in [0, 0.05) is 25.1 Å². The molecule has 0 spiro atoms. The number of alkyl carbamates (subject to hydrolysis) is 1. The van der Waals surface area contributed by atoms with Gasteiger partial charge in [-0.3, -0.25) is 14.6 Å². The molecule has 9 atom stereocenters. The molecule has 1 amide bonds. The lowest BCUT2D eigenvalue weighted by Crippen LogP contribution is -2.51. The van der Waals surface area contributed by atoms with Gasteiger partial charge in [0.15, 0.2) is 0 Å². The number of nitrogens with one attached hydrogen (secondary N) is 1. The highest BCUT2D eigenvalue weighted by Gasteiger charge is 2.59. The molecule has 278 valence electrons. The Morgan fingerprint density at radius 3 is 2.55 bits per heavy atom. The fourth-order valence-electron chi connectivity index (χ4n) is 10.1. The summed E-state index contributed by atoms with van der Waals surface area (Å²) in [6.07, 6.45) is 16.6. The fourth-order valence-corrected chi connectivity index (χ4v) is 12.5. The summed E-state index contributed by atoms with van der Waals surface area (Å²) in [6.45, 7) is 13.1. The Morgan fingerprint density at radius 1 is 1.06 bits per heavy atom. The molecule has 0 aromatic carbocycles. The lowest BCUT2D eigenvalue weighted by atomic mass is 9.47. The lowest BCUT2D eigenvalue weighted by molar-refractivity contribution is -0.142. The number of ether oxygens (including phenoxy) is 1. The summed E-state index contributed by atoms with van der Waals surface area (Å²) in [7, 11) is 2.38. The van der Waals surface area contributed by atoms with Gasteiger partial charge < -0.3 is 26.0 Å². The van der Waals surface area contributed by atoms with Crippen molar-refractivity contribution < 1.29 is 29.3 Å². The summed E-state index contributed by atoms with van der Waals surface area (Å²) in [6, 6.07) is 0. The molecule has 0 bridgehead atoms. The molecule has 0 aliphatic heterocycles. The van der Waals surface area contributed by atoms with Crippen molar-refractivity contribution in [1.29, 1.82) is 0 Å². The Bertz CT molecular complexity index is 1210. The fraction of sp³-hybridized carbons (Fsp3) is 0.842. The van der Waals surface area contributed by atoms with Crippen LogP contribution in [0.4, 0.5) is 4.79 Å². The van der Waals surface area contributed by atoms with Gasteiger partial charge in [0.25, 0.3) is 0 Å². The van der Waals surface area contributed by atoms with E-state index < -0.39 is 29.7 Å². The van der Waals surface area contributed by atoms with E-state index in [2.05, 4.69) is 51.0 Å². The van der Waals surface area contributed by atoms with E-state index in [1.807, 2.05) is 0 Å². The molecule has 11 heteroatoms. The number of allylic oxidation sites excluding steroid dienone is 1. The van der Waals surface area contributed by atoms with Crippen molar-refractivity contribution in [1.82, 2.24) is 5.32 Å². The van der Waals surface area contributed by atoms with Crippen molar-refractivity contribution in [3.63, 3.8) is 0 Å². The molecule has 5 N–H and O–H groups in total. The van der Waals surface area contributed by atoms with E-state index in [-0.39, 0.29) is 11.5 Å². The third kappa shape index (κ3) is 10.4. The first kappa shape index (κ1) is 39.9. The number of hydrogen-bond acceptors (Lipinski definition) is 7. The second-order valence-corrected chi connectivity index (χ2v) is 19.0. The van der Waals surface area contributed by atoms with Crippen LogP contribution in [0.3, 0.4) is 0 Å².